The maximum atomic E-state index is 12.5. The first-order chi connectivity index (χ1) is 12.7. The molecule has 5 nitrogen and oxygen atoms in total. The third kappa shape index (κ3) is 5.12. The van der Waals surface area contributed by atoms with Gasteiger partial charge in [-0.3, -0.25) is 4.79 Å². The van der Waals surface area contributed by atoms with Crippen molar-refractivity contribution in [3.63, 3.8) is 0 Å². The summed E-state index contributed by atoms with van der Waals surface area (Å²) in [6.07, 6.45) is 1.19. The summed E-state index contributed by atoms with van der Waals surface area (Å²) >= 11 is 1.32. The van der Waals surface area contributed by atoms with Gasteiger partial charge in [-0.15, -0.1) is 10.2 Å². The molecule has 6 heteroatoms. The number of carbonyl (C=O) groups is 1. The molecule has 1 saturated heterocycles. The van der Waals surface area contributed by atoms with E-state index in [2.05, 4.69) is 56.9 Å². The average molecular weight is 388 g/mol. The Morgan fingerprint density at radius 3 is 2.37 bits per heavy atom. The van der Waals surface area contributed by atoms with Crippen LogP contribution in [0.5, 0.6) is 0 Å². The van der Waals surface area contributed by atoms with Gasteiger partial charge in [-0.1, -0.05) is 58.5 Å². The van der Waals surface area contributed by atoms with Crippen molar-refractivity contribution in [1.82, 2.24) is 15.1 Å². The lowest BCUT2D eigenvalue weighted by Crippen LogP contribution is -2.43. The highest BCUT2D eigenvalue weighted by atomic mass is 32.2. The summed E-state index contributed by atoms with van der Waals surface area (Å²) in [6.45, 7) is 12.7. The fourth-order valence-electron chi connectivity index (χ4n) is 3.58. The Balaban J connectivity index is 1.59. The number of thioether (sulfide) groups is 1. The number of rotatable bonds is 4. The van der Waals surface area contributed by atoms with Gasteiger partial charge in [-0.25, -0.2) is 0 Å². The van der Waals surface area contributed by atoms with Crippen LogP contribution in [0.3, 0.4) is 0 Å². The molecule has 2 atom stereocenters. The SMILES string of the molecule is CC1CC(C)CN(C(=O)CSc2nnc(-c3ccc(C(C)(C)C)cc3)o2)C1. The van der Waals surface area contributed by atoms with E-state index in [0.717, 1.165) is 18.7 Å². The number of hydrogen-bond donors (Lipinski definition) is 0. The molecule has 146 valence electrons. The van der Waals surface area contributed by atoms with Crippen molar-refractivity contribution in [3.8, 4) is 11.5 Å². The normalized spacial score (nSPS) is 20.7. The second kappa shape index (κ2) is 8.05. The van der Waals surface area contributed by atoms with Crippen molar-refractivity contribution in [2.75, 3.05) is 18.8 Å². The van der Waals surface area contributed by atoms with E-state index in [9.17, 15) is 4.79 Å². The predicted molar refractivity (Wildman–Crippen MR) is 109 cm³/mol. The molecule has 0 bridgehead atoms. The van der Waals surface area contributed by atoms with Crippen LogP contribution < -0.4 is 0 Å². The van der Waals surface area contributed by atoms with Crippen LogP contribution in [0, 0.1) is 11.8 Å². The van der Waals surface area contributed by atoms with E-state index in [4.69, 9.17) is 4.42 Å². The topological polar surface area (TPSA) is 59.2 Å². The van der Waals surface area contributed by atoms with E-state index in [0.29, 0.717) is 28.7 Å². The second-order valence-electron chi connectivity index (χ2n) is 8.73. The van der Waals surface area contributed by atoms with Crippen molar-refractivity contribution in [3.05, 3.63) is 29.8 Å². The largest absolute Gasteiger partial charge is 0.411 e. The lowest BCUT2D eigenvalue weighted by molar-refractivity contribution is -0.130. The number of aromatic nitrogens is 2. The van der Waals surface area contributed by atoms with Crippen molar-refractivity contribution in [2.45, 2.75) is 51.7 Å². The molecule has 27 heavy (non-hydrogen) atoms. The van der Waals surface area contributed by atoms with E-state index in [1.54, 1.807) is 0 Å². The van der Waals surface area contributed by atoms with E-state index in [1.165, 1.54) is 23.7 Å². The summed E-state index contributed by atoms with van der Waals surface area (Å²) in [5, 5.41) is 8.66. The van der Waals surface area contributed by atoms with Crippen LogP contribution in [0.2, 0.25) is 0 Å². The smallest absolute Gasteiger partial charge is 0.277 e. The summed E-state index contributed by atoms with van der Waals surface area (Å²) in [4.78, 5) is 14.5. The number of carbonyl (C=O) groups excluding carboxylic acids is 1. The summed E-state index contributed by atoms with van der Waals surface area (Å²) < 4.78 is 5.75. The van der Waals surface area contributed by atoms with E-state index >= 15 is 0 Å². The minimum absolute atomic E-state index is 0.109. The van der Waals surface area contributed by atoms with Crippen molar-refractivity contribution in [2.24, 2.45) is 11.8 Å². The van der Waals surface area contributed by atoms with E-state index in [1.807, 2.05) is 17.0 Å². The molecule has 1 aliphatic heterocycles. The maximum absolute atomic E-state index is 12.5. The Morgan fingerprint density at radius 1 is 1.15 bits per heavy atom. The molecule has 0 aliphatic carbocycles. The van der Waals surface area contributed by atoms with Gasteiger partial charge in [0, 0.05) is 18.7 Å². The van der Waals surface area contributed by atoms with Gasteiger partial charge in [-0.2, -0.15) is 0 Å². The van der Waals surface area contributed by atoms with Crippen molar-refractivity contribution in [1.29, 1.82) is 0 Å². The molecule has 0 N–H and O–H groups in total. The summed E-state index contributed by atoms with van der Waals surface area (Å²) in [5.41, 5.74) is 2.27. The van der Waals surface area contributed by atoms with Crippen molar-refractivity contribution >= 4 is 17.7 Å². The number of piperidine rings is 1. The molecular weight excluding hydrogens is 358 g/mol. The number of hydrogen-bond acceptors (Lipinski definition) is 5. The molecule has 0 radical (unpaired) electrons. The first-order valence-electron chi connectivity index (χ1n) is 9.57. The van der Waals surface area contributed by atoms with Gasteiger partial charge in [0.25, 0.3) is 5.22 Å². The summed E-state index contributed by atoms with van der Waals surface area (Å²) in [5.74, 6) is 2.10. The Labute approximate surface area is 165 Å². The Bertz CT molecular complexity index is 769. The summed E-state index contributed by atoms with van der Waals surface area (Å²) in [6, 6.07) is 8.19. The number of benzene rings is 1. The number of nitrogens with zero attached hydrogens (tertiary/aromatic N) is 3. The first-order valence-corrected chi connectivity index (χ1v) is 10.6. The third-order valence-corrected chi connectivity index (χ3v) is 5.75. The highest BCUT2D eigenvalue weighted by Gasteiger charge is 2.25. The molecule has 2 unspecified atom stereocenters. The molecule has 1 aromatic heterocycles. The first kappa shape index (κ1) is 19.9. The molecule has 1 amide bonds. The Kier molecular flexibility index (Phi) is 5.94. The van der Waals surface area contributed by atoms with Crippen LogP contribution >= 0.6 is 11.8 Å². The van der Waals surface area contributed by atoms with Gasteiger partial charge in [-0.05, 0) is 41.4 Å². The standard InChI is InChI=1S/C21H29N3O2S/c1-14-10-15(2)12-24(11-14)18(25)13-27-20-23-22-19(26-20)16-6-8-17(9-7-16)21(3,4)5/h6-9,14-15H,10-13H2,1-5H3. The van der Waals surface area contributed by atoms with Crippen LogP contribution in [0.15, 0.2) is 33.9 Å². The van der Waals surface area contributed by atoms with Crippen LogP contribution in [0.25, 0.3) is 11.5 Å². The zero-order valence-corrected chi connectivity index (χ0v) is 17.7. The minimum Gasteiger partial charge on any atom is -0.411 e. The fraction of sp³-hybridized carbons (Fsp3) is 0.571. The fourth-order valence-corrected chi connectivity index (χ4v) is 4.24. The second-order valence-corrected chi connectivity index (χ2v) is 9.66. The lowest BCUT2D eigenvalue weighted by atomic mass is 9.87. The van der Waals surface area contributed by atoms with Crippen LogP contribution in [-0.4, -0.2) is 39.8 Å². The lowest BCUT2D eigenvalue weighted by Gasteiger charge is -2.34. The van der Waals surface area contributed by atoms with Crippen molar-refractivity contribution < 1.29 is 9.21 Å². The molecule has 2 heterocycles. The van der Waals surface area contributed by atoms with Gasteiger partial charge >= 0.3 is 0 Å². The molecular formula is C21H29N3O2S. The molecule has 2 aromatic rings. The van der Waals surface area contributed by atoms with Gasteiger partial charge < -0.3 is 9.32 Å². The highest BCUT2D eigenvalue weighted by molar-refractivity contribution is 7.99. The molecule has 1 aliphatic rings. The molecule has 0 spiro atoms. The van der Waals surface area contributed by atoms with E-state index < -0.39 is 0 Å². The Morgan fingerprint density at radius 2 is 1.78 bits per heavy atom. The number of amides is 1. The quantitative estimate of drug-likeness (QED) is 0.716. The van der Waals surface area contributed by atoms with Crippen LogP contribution in [0.4, 0.5) is 0 Å². The van der Waals surface area contributed by atoms with Gasteiger partial charge in [0.15, 0.2) is 0 Å². The average Bonchev–Trinajstić information content (AvgIpc) is 3.07. The molecule has 3 rings (SSSR count). The van der Waals surface area contributed by atoms with Gasteiger partial charge in [0.1, 0.15) is 0 Å². The molecule has 1 aromatic carbocycles. The maximum Gasteiger partial charge on any atom is 0.277 e. The third-order valence-electron chi connectivity index (χ3n) is 4.95. The summed E-state index contributed by atoms with van der Waals surface area (Å²) in [7, 11) is 0. The van der Waals surface area contributed by atoms with Crippen LogP contribution in [0.1, 0.15) is 46.6 Å². The Hall–Kier alpha value is -1.82. The number of likely N-dealkylation sites (tertiary alicyclic amines) is 1. The van der Waals surface area contributed by atoms with Gasteiger partial charge in [0.05, 0.1) is 5.75 Å². The monoisotopic (exact) mass is 387 g/mol. The minimum atomic E-state index is 0.109. The molecule has 0 saturated carbocycles. The van der Waals surface area contributed by atoms with Gasteiger partial charge in [0.2, 0.25) is 11.8 Å². The predicted octanol–water partition coefficient (Wildman–Crippen LogP) is 4.63. The zero-order valence-electron chi connectivity index (χ0n) is 16.9. The zero-order chi connectivity index (χ0) is 19.6. The molecule has 1 fully saturated rings. The van der Waals surface area contributed by atoms with E-state index in [-0.39, 0.29) is 11.3 Å². The van der Waals surface area contributed by atoms with Crippen LogP contribution in [-0.2, 0) is 10.2 Å². The highest BCUT2D eigenvalue weighted by Crippen LogP contribution is 2.28.